The minimum Gasteiger partial charge on any atom is -0.481 e. The highest BCUT2D eigenvalue weighted by Gasteiger charge is 2.21. The maximum absolute atomic E-state index is 10.9. The standard InChI is InChI=1S/C20H22N6O2/c1-14(12-19(27)28)20-21-7-6-17(24-20)25-8-10-26(11-9-25)18-13-22-15-4-2-3-5-16(15)23-18/h2-7,13-14H,8-12H2,1H3,(H,27,28)/t14-/m1/s1. The highest BCUT2D eigenvalue weighted by atomic mass is 16.4. The van der Waals surface area contributed by atoms with E-state index in [-0.39, 0.29) is 12.3 Å². The van der Waals surface area contributed by atoms with E-state index in [2.05, 4.69) is 24.8 Å². The number of anilines is 2. The summed E-state index contributed by atoms with van der Waals surface area (Å²) in [5, 5.41) is 8.98. The molecule has 0 saturated carbocycles. The Labute approximate surface area is 162 Å². The maximum Gasteiger partial charge on any atom is 0.304 e. The van der Waals surface area contributed by atoms with Gasteiger partial charge in [-0.15, -0.1) is 0 Å². The summed E-state index contributed by atoms with van der Waals surface area (Å²) in [6.07, 6.45) is 3.56. The summed E-state index contributed by atoms with van der Waals surface area (Å²) in [6, 6.07) is 9.74. The van der Waals surface area contributed by atoms with Gasteiger partial charge >= 0.3 is 5.97 Å². The number of carbonyl (C=O) groups is 1. The zero-order chi connectivity index (χ0) is 19.5. The molecule has 0 radical (unpaired) electrons. The third-order valence-corrected chi connectivity index (χ3v) is 4.94. The fraction of sp³-hybridized carbons (Fsp3) is 0.350. The molecule has 0 bridgehead atoms. The summed E-state index contributed by atoms with van der Waals surface area (Å²) in [4.78, 5) is 33.4. The van der Waals surface area contributed by atoms with Crippen LogP contribution in [0, 0.1) is 0 Å². The van der Waals surface area contributed by atoms with Gasteiger partial charge in [0, 0.05) is 38.3 Å². The zero-order valence-electron chi connectivity index (χ0n) is 15.7. The summed E-state index contributed by atoms with van der Waals surface area (Å²) >= 11 is 0. The predicted molar refractivity (Wildman–Crippen MR) is 107 cm³/mol. The Morgan fingerprint density at radius 2 is 1.68 bits per heavy atom. The average Bonchev–Trinajstić information content (AvgIpc) is 2.73. The normalized spacial score (nSPS) is 15.6. The first-order valence-corrected chi connectivity index (χ1v) is 9.36. The molecule has 1 saturated heterocycles. The van der Waals surface area contributed by atoms with E-state index in [4.69, 9.17) is 10.1 Å². The van der Waals surface area contributed by atoms with E-state index in [0.717, 1.165) is 48.8 Å². The molecular formula is C20H22N6O2. The molecule has 3 heterocycles. The average molecular weight is 378 g/mol. The summed E-state index contributed by atoms with van der Waals surface area (Å²) in [5.41, 5.74) is 1.80. The Morgan fingerprint density at radius 1 is 1.00 bits per heavy atom. The van der Waals surface area contributed by atoms with Crippen LogP contribution >= 0.6 is 0 Å². The first-order valence-electron chi connectivity index (χ1n) is 9.36. The first-order chi connectivity index (χ1) is 13.6. The van der Waals surface area contributed by atoms with Crippen molar-refractivity contribution in [3.05, 3.63) is 48.5 Å². The Balaban J connectivity index is 1.44. The van der Waals surface area contributed by atoms with E-state index in [1.165, 1.54) is 0 Å². The summed E-state index contributed by atoms with van der Waals surface area (Å²) in [5.74, 6) is 1.24. The van der Waals surface area contributed by atoms with Crippen molar-refractivity contribution in [1.29, 1.82) is 0 Å². The number of hydrogen-bond acceptors (Lipinski definition) is 7. The van der Waals surface area contributed by atoms with Gasteiger partial charge in [-0.25, -0.2) is 15.0 Å². The Bertz CT molecular complexity index is 987. The van der Waals surface area contributed by atoms with Crippen LogP contribution in [-0.2, 0) is 4.79 Å². The fourth-order valence-electron chi connectivity index (χ4n) is 3.40. The smallest absolute Gasteiger partial charge is 0.304 e. The number of aromatic nitrogens is 4. The van der Waals surface area contributed by atoms with E-state index >= 15 is 0 Å². The van der Waals surface area contributed by atoms with Crippen molar-refractivity contribution in [3.63, 3.8) is 0 Å². The second-order valence-electron chi connectivity index (χ2n) is 6.96. The molecule has 0 aliphatic carbocycles. The summed E-state index contributed by atoms with van der Waals surface area (Å²) in [6.45, 7) is 5.08. The molecule has 2 aromatic heterocycles. The minimum atomic E-state index is -0.841. The molecule has 0 spiro atoms. The van der Waals surface area contributed by atoms with Crippen molar-refractivity contribution in [2.24, 2.45) is 0 Å². The summed E-state index contributed by atoms with van der Waals surface area (Å²) in [7, 11) is 0. The van der Waals surface area contributed by atoms with Crippen molar-refractivity contribution in [2.75, 3.05) is 36.0 Å². The van der Waals surface area contributed by atoms with Crippen molar-refractivity contribution in [1.82, 2.24) is 19.9 Å². The SMILES string of the molecule is C[C@H](CC(=O)O)c1nccc(N2CCN(c3cnc4ccccc4n3)CC2)n1. The van der Waals surface area contributed by atoms with Gasteiger partial charge in [0.25, 0.3) is 0 Å². The van der Waals surface area contributed by atoms with E-state index < -0.39 is 5.97 Å². The first kappa shape index (κ1) is 18.1. The molecule has 144 valence electrons. The number of carboxylic acid groups (broad SMARTS) is 1. The molecule has 1 N–H and O–H groups in total. The van der Waals surface area contributed by atoms with Crippen LogP contribution in [0.25, 0.3) is 11.0 Å². The monoisotopic (exact) mass is 378 g/mol. The topological polar surface area (TPSA) is 95.3 Å². The van der Waals surface area contributed by atoms with Crippen LogP contribution < -0.4 is 9.80 Å². The van der Waals surface area contributed by atoms with E-state index in [9.17, 15) is 4.79 Å². The van der Waals surface area contributed by atoms with Crippen LogP contribution in [0.4, 0.5) is 11.6 Å². The molecule has 1 fully saturated rings. The Morgan fingerprint density at radius 3 is 2.39 bits per heavy atom. The number of hydrogen-bond donors (Lipinski definition) is 1. The van der Waals surface area contributed by atoms with Gasteiger partial charge in [-0.3, -0.25) is 9.78 Å². The quantitative estimate of drug-likeness (QED) is 0.723. The molecule has 1 aliphatic heterocycles. The van der Waals surface area contributed by atoms with E-state index in [1.54, 1.807) is 6.20 Å². The number of piperazine rings is 1. The van der Waals surface area contributed by atoms with Gasteiger partial charge < -0.3 is 14.9 Å². The molecule has 0 unspecified atom stereocenters. The van der Waals surface area contributed by atoms with Crippen molar-refractivity contribution in [2.45, 2.75) is 19.3 Å². The van der Waals surface area contributed by atoms with Crippen molar-refractivity contribution < 1.29 is 9.90 Å². The minimum absolute atomic E-state index is 0.0257. The molecule has 0 amide bonds. The number of rotatable bonds is 5. The molecule has 1 atom stereocenters. The van der Waals surface area contributed by atoms with Gasteiger partial charge in [0.2, 0.25) is 0 Å². The van der Waals surface area contributed by atoms with Crippen molar-refractivity contribution >= 4 is 28.6 Å². The Hall–Kier alpha value is -3.29. The Kier molecular flexibility index (Phi) is 5.01. The number of carboxylic acids is 1. The van der Waals surface area contributed by atoms with Crippen LogP contribution in [0.5, 0.6) is 0 Å². The van der Waals surface area contributed by atoms with Gasteiger partial charge in [0.05, 0.1) is 23.7 Å². The predicted octanol–water partition coefficient (Wildman–Crippen LogP) is 2.32. The van der Waals surface area contributed by atoms with Crippen LogP contribution in [0.1, 0.15) is 25.1 Å². The molecule has 8 nitrogen and oxygen atoms in total. The molecule has 3 aromatic rings. The second kappa shape index (κ2) is 7.75. The molecule has 8 heteroatoms. The lowest BCUT2D eigenvalue weighted by molar-refractivity contribution is -0.137. The molecule has 4 rings (SSSR count). The third kappa shape index (κ3) is 3.85. The molecule has 1 aromatic carbocycles. The molecule has 1 aliphatic rings. The zero-order valence-corrected chi connectivity index (χ0v) is 15.7. The largest absolute Gasteiger partial charge is 0.481 e. The number of para-hydroxylation sites is 2. The van der Waals surface area contributed by atoms with Gasteiger partial charge in [0.1, 0.15) is 17.5 Å². The van der Waals surface area contributed by atoms with Gasteiger partial charge in [-0.2, -0.15) is 0 Å². The maximum atomic E-state index is 10.9. The lowest BCUT2D eigenvalue weighted by atomic mass is 10.1. The number of fused-ring (bicyclic) bond motifs is 1. The number of nitrogens with zero attached hydrogens (tertiary/aromatic N) is 6. The number of benzene rings is 1. The lowest BCUT2D eigenvalue weighted by Crippen LogP contribution is -2.47. The third-order valence-electron chi connectivity index (χ3n) is 4.94. The number of aliphatic carboxylic acids is 1. The highest BCUT2D eigenvalue weighted by Crippen LogP contribution is 2.21. The van der Waals surface area contributed by atoms with Gasteiger partial charge in [-0.1, -0.05) is 19.1 Å². The van der Waals surface area contributed by atoms with Crippen LogP contribution in [0.15, 0.2) is 42.7 Å². The van der Waals surface area contributed by atoms with E-state index in [1.807, 2.05) is 43.5 Å². The summed E-state index contributed by atoms with van der Waals surface area (Å²) < 4.78 is 0. The van der Waals surface area contributed by atoms with Crippen LogP contribution in [0.2, 0.25) is 0 Å². The second-order valence-corrected chi connectivity index (χ2v) is 6.96. The van der Waals surface area contributed by atoms with Gasteiger partial charge in [-0.05, 0) is 18.2 Å². The van der Waals surface area contributed by atoms with E-state index in [0.29, 0.717) is 5.82 Å². The van der Waals surface area contributed by atoms with Crippen LogP contribution in [0.3, 0.4) is 0 Å². The van der Waals surface area contributed by atoms with Crippen molar-refractivity contribution in [3.8, 4) is 0 Å². The lowest BCUT2D eigenvalue weighted by Gasteiger charge is -2.36. The molecular weight excluding hydrogens is 356 g/mol. The van der Waals surface area contributed by atoms with Crippen LogP contribution in [-0.4, -0.2) is 57.2 Å². The van der Waals surface area contributed by atoms with Gasteiger partial charge in [0.15, 0.2) is 0 Å². The highest BCUT2D eigenvalue weighted by molar-refractivity contribution is 5.75. The molecule has 28 heavy (non-hydrogen) atoms. The fourth-order valence-corrected chi connectivity index (χ4v) is 3.40.